The molecule has 0 radical (unpaired) electrons. The van der Waals surface area contributed by atoms with E-state index in [1.165, 1.54) is 81.6 Å². The molecule has 0 bridgehead atoms. The number of nitrogens with zero attached hydrogens (tertiary/aromatic N) is 6. The van der Waals surface area contributed by atoms with Crippen molar-refractivity contribution in [3.05, 3.63) is 119 Å². The second-order valence-corrected chi connectivity index (χ2v) is 23.4. The minimum Gasteiger partial charge on any atom is -0.378 e. The molecule has 3 aliphatic rings. The lowest BCUT2D eigenvalue weighted by Crippen LogP contribution is -2.50. The number of allylic oxidation sites excluding steroid dienone is 2. The fourth-order valence-electron chi connectivity index (χ4n) is 12.2. The fraction of sp³-hybridized carbons (Fsp3) is 0.565. The molecule has 4 unspecified atom stereocenters. The quantitative estimate of drug-likeness (QED) is 0.0761. The maximum Gasteiger partial charge on any atom is 0.0707 e. The van der Waals surface area contributed by atoms with E-state index in [0.29, 0.717) is 23.7 Å². The number of piperazine rings is 1. The van der Waals surface area contributed by atoms with Crippen molar-refractivity contribution >= 4 is 28.2 Å². The highest BCUT2D eigenvalue weighted by Crippen LogP contribution is 2.46. The topological polar surface area (TPSA) is 54.8 Å². The third kappa shape index (κ3) is 12.3. The number of fused-ring (bicyclic) bond motifs is 1. The van der Waals surface area contributed by atoms with E-state index in [1.807, 2.05) is 0 Å². The summed E-state index contributed by atoms with van der Waals surface area (Å²) in [6.07, 6.45) is 15.0. The molecule has 4 aromatic rings. The summed E-state index contributed by atoms with van der Waals surface area (Å²) in [4.78, 5) is 12.7. The van der Waals surface area contributed by atoms with Crippen LogP contribution in [0.3, 0.4) is 0 Å². The van der Waals surface area contributed by atoms with Gasteiger partial charge in [0.2, 0.25) is 0 Å². The number of benzene rings is 2. The lowest BCUT2D eigenvalue weighted by atomic mass is 9.80. The van der Waals surface area contributed by atoms with Gasteiger partial charge in [-0.2, -0.15) is 0 Å². The van der Waals surface area contributed by atoms with E-state index in [0.717, 1.165) is 112 Å². The Bertz CT molecular complexity index is 2520. The molecular formula is C62H91ClN8. The van der Waals surface area contributed by atoms with Gasteiger partial charge in [-0.1, -0.05) is 122 Å². The van der Waals surface area contributed by atoms with Crippen molar-refractivity contribution in [1.29, 1.82) is 0 Å². The van der Waals surface area contributed by atoms with Gasteiger partial charge >= 0.3 is 0 Å². The standard InChI is InChI=1S/C62H91ClN8/c1-16-19-25-62(12,13)39-55-53-37-52(56(63)38-58(53)70(18-3)61(55)54-36-50(40-64-59(54)43(7)17-2)69-30-28-67(14)29-31-69)49-33-42(6)32-48(34-49)35-57(47(11)71-27-21-20-26-65-71)66-45(9)60(41(4)5)68(15)46(10)51-24-22-23-44(51)8/h16,32-34,36-38,40-41,43-44,51,57,60,65-66H,1,9-11,17-31,35,39H2,2-8,12-15H3/t43?,44?,51-,57?,60?/m1/s1. The number of rotatable bonds is 22. The molecule has 0 amide bonds. The van der Waals surface area contributed by atoms with Gasteiger partial charge in [-0.15, -0.1) is 6.58 Å². The fourth-order valence-corrected chi connectivity index (χ4v) is 12.5. The zero-order chi connectivity index (χ0) is 51.3. The van der Waals surface area contributed by atoms with E-state index in [1.54, 1.807) is 0 Å². The molecule has 386 valence electrons. The normalized spacial score (nSPS) is 19.3. The largest absolute Gasteiger partial charge is 0.378 e. The van der Waals surface area contributed by atoms with Gasteiger partial charge in [0, 0.05) is 92.4 Å². The zero-order valence-corrected chi connectivity index (χ0v) is 46.7. The molecule has 3 fully saturated rings. The lowest BCUT2D eigenvalue weighted by molar-refractivity contribution is 0.184. The first-order chi connectivity index (χ1) is 33.9. The molecule has 1 saturated carbocycles. The van der Waals surface area contributed by atoms with Crippen LogP contribution < -0.4 is 15.6 Å². The minimum absolute atomic E-state index is 0.0221. The summed E-state index contributed by atoms with van der Waals surface area (Å²) in [5.74, 6) is 1.80. The number of aryl methyl sites for hydroxylation is 2. The van der Waals surface area contributed by atoms with Gasteiger partial charge in [0.25, 0.3) is 0 Å². The third-order valence-corrected chi connectivity index (χ3v) is 16.9. The summed E-state index contributed by atoms with van der Waals surface area (Å²) in [5.41, 5.74) is 19.1. The molecule has 7 rings (SSSR count). The number of pyridine rings is 1. The molecule has 2 aromatic carbocycles. The minimum atomic E-state index is -0.0884. The predicted octanol–water partition coefficient (Wildman–Crippen LogP) is 14.2. The number of likely N-dealkylation sites (N-methyl/N-ethyl adjacent to an activating group) is 2. The Labute approximate surface area is 435 Å². The summed E-state index contributed by atoms with van der Waals surface area (Å²) in [5, 5.41) is 8.33. The molecule has 71 heavy (non-hydrogen) atoms. The van der Waals surface area contributed by atoms with Gasteiger partial charge in [0.05, 0.1) is 45.9 Å². The van der Waals surface area contributed by atoms with Crippen molar-refractivity contribution < 1.29 is 0 Å². The van der Waals surface area contributed by atoms with Gasteiger partial charge in [-0.25, -0.2) is 5.43 Å². The van der Waals surface area contributed by atoms with Crippen molar-refractivity contribution in [1.82, 2.24) is 35.1 Å². The van der Waals surface area contributed by atoms with Crippen LogP contribution in [-0.4, -0.2) is 89.8 Å². The first-order valence-electron chi connectivity index (χ1n) is 27.4. The van der Waals surface area contributed by atoms with Crippen LogP contribution >= 0.6 is 11.6 Å². The summed E-state index contributed by atoms with van der Waals surface area (Å²) in [6.45, 7) is 46.2. The Morgan fingerprint density at radius 1 is 0.972 bits per heavy atom. The van der Waals surface area contributed by atoms with Crippen LogP contribution in [0.4, 0.5) is 5.69 Å². The van der Waals surface area contributed by atoms with Crippen molar-refractivity contribution in [3.63, 3.8) is 0 Å². The molecule has 2 aliphatic heterocycles. The Hall–Kier alpha value is -4.50. The number of aromatic nitrogens is 2. The Morgan fingerprint density at radius 2 is 1.72 bits per heavy atom. The van der Waals surface area contributed by atoms with Gasteiger partial charge in [-0.05, 0) is 130 Å². The van der Waals surface area contributed by atoms with E-state index >= 15 is 0 Å². The van der Waals surface area contributed by atoms with Crippen LogP contribution in [0.25, 0.3) is 33.3 Å². The third-order valence-electron chi connectivity index (χ3n) is 16.6. The van der Waals surface area contributed by atoms with E-state index < -0.39 is 0 Å². The average Bonchev–Trinajstić information content (AvgIpc) is 3.91. The number of halogens is 1. The molecule has 8 nitrogen and oxygen atoms in total. The van der Waals surface area contributed by atoms with Crippen LogP contribution in [-0.2, 0) is 19.4 Å². The zero-order valence-electron chi connectivity index (χ0n) is 46.0. The number of anilines is 1. The molecule has 5 atom stereocenters. The Kier molecular flexibility index (Phi) is 18.0. The number of nitrogens with one attached hydrogen (secondary N) is 2. The SMILES string of the molecule is C=CCCC(C)(C)Cc1c(-c2cc(N3CCN(C)CC3)cnc2C(C)CC)n(CC)c2cc(Cl)c(-c3cc(C)cc(CC(NC(=C)C(C(C)C)N(C)C(=C)[C@@H]4CCCC4C)C(=C)N4CCCCN4)c3)cc12. The van der Waals surface area contributed by atoms with Gasteiger partial charge in [0.1, 0.15) is 0 Å². The van der Waals surface area contributed by atoms with E-state index in [4.69, 9.17) is 36.3 Å². The summed E-state index contributed by atoms with van der Waals surface area (Å²) in [7, 11) is 4.45. The van der Waals surface area contributed by atoms with Crippen molar-refractivity contribution in [2.75, 3.05) is 58.3 Å². The van der Waals surface area contributed by atoms with Gasteiger partial charge in [-0.3, -0.25) is 4.98 Å². The highest BCUT2D eigenvalue weighted by molar-refractivity contribution is 6.34. The average molecular weight is 984 g/mol. The smallest absolute Gasteiger partial charge is 0.0707 e. The molecule has 1 aliphatic carbocycles. The Morgan fingerprint density at radius 3 is 2.35 bits per heavy atom. The molecule has 4 heterocycles. The first kappa shape index (κ1) is 54.3. The molecule has 2 saturated heterocycles. The first-order valence-corrected chi connectivity index (χ1v) is 27.8. The van der Waals surface area contributed by atoms with Crippen LogP contribution in [0.15, 0.2) is 92.1 Å². The molecular weight excluding hydrogens is 892 g/mol. The maximum atomic E-state index is 7.61. The van der Waals surface area contributed by atoms with E-state index in [2.05, 4.69) is 167 Å². The summed E-state index contributed by atoms with van der Waals surface area (Å²) < 4.78 is 2.54. The second kappa shape index (κ2) is 23.6. The number of hydrazine groups is 1. The predicted molar refractivity (Wildman–Crippen MR) is 306 cm³/mol. The monoisotopic (exact) mass is 983 g/mol. The van der Waals surface area contributed by atoms with E-state index in [9.17, 15) is 0 Å². The number of hydrogen-bond acceptors (Lipinski definition) is 7. The molecule has 0 spiro atoms. The molecule has 2 N–H and O–H groups in total. The summed E-state index contributed by atoms with van der Waals surface area (Å²) >= 11 is 7.61. The van der Waals surface area contributed by atoms with Crippen LogP contribution in [0.5, 0.6) is 0 Å². The Balaban J connectivity index is 1.32. The van der Waals surface area contributed by atoms with Crippen LogP contribution in [0.2, 0.25) is 5.02 Å². The van der Waals surface area contributed by atoms with Crippen molar-refractivity contribution in [2.45, 2.75) is 151 Å². The van der Waals surface area contributed by atoms with Gasteiger partial charge in [0.15, 0.2) is 0 Å². The molecule has 2 aromatic heterocycles. The number of hydrogen-bond donors (Lipinski definition) is 2. The highest BCUT2D eigenvalue weighted by atomic mass is 35.5. The van der Waals surface area contributed by atoms with E-state index in [-0.39, 0.29) is 17.5 Å². The summed E-state index contributed by atoms with van der Waals surface area (Å²) in [6, 6.07) is 14.2. The van der Waals surface area contributed by atoms with Crippen LogP contribution in [0, 0.1) is 30.1 Å². The van der Waals surface area contributed by atoms with Gasteiger partial charge < -0.3 is 29.6 Å². The molecule has 9 heteroatoms. The highest BCUT2D eigenvalue weighted by Gasteiger charge is 2.34. The van der Waals surface area contributed by atoms with Crippen molar-refractivity contribution in [2.24, 2.45) is 23.2 Å². The lowest BCUT2D eigenvalue weighted by Gasteiger charge is -2.41. The second-order valence-electron chi connectivity index (χ2n) is 23.0. The van der Waals surface area contributed by atoms with Crippen molar-refractivity contribution in [3.8, 4) is 22.4 Å². The maximum absolute atomic E-state index is 7.61. The van der Waals surface area contributed by atoms with Crippen LogP contribution in [0.1, 0.15) is 135 Å².